The number of benzene rings is 2. The lowest BCUT2D eigenvalue weighted by Gasteiger charge is -2.27. The number of nitrogens with one attached hydrogen (secondary N) is 3. The summed E-state index contributed by atoms with van der Waals surface area (Å²) in [5.74, 6) is 0.582. The second-order valence-corrected chi connectivity index (χ2v) is 9.51. The van der Waals surface area contributed by atoms with E-state index in [9.17, 15) is 9.59 Å². The molecular formula is C26H38BrClN8O2. The third-order valence-corrected chi connectivity index (χ3v) is 6.16. The van der Waals surface area contributed by atoms with Crippen molar-refractivity contribution in [1.29, 1.82) is 0 Å². The van der Waals surface area contributed by atoms with Gasteiger partial charge in [-0.05, 0) is 59.0 Å². The number of hydrogen-bond acceptors (Lipinski definition) is 4. The Hall–Kier alpha value is -3.31. The standard InChI is InChI=1S/C15H23BrN4O.C11H15ClN4O/c1-6-10-20(13-11(2)8-7-9-12(13)16)15(21)18-14(17-3)19(4)5;1-3-7-5-4-6-8(12)9(7)15-11(17)16-10(13)14-2/h7-9H,6,10H2,1-5H3,(H,17,18,21);4-6H,3H2,1-2H3,(H4,13,14,15,16,17). The fourth-order valence-electron chi connectivity index (χ4n) is 3.35. The summed E-state index contributed by atoms with van der Waals surface area (Å²) in [5, 5.41) is 8.37. The molecule has 0 fully saturated rings. The van der Waals surface area contributed by atoms with Crippen LogP contribution in [0.25, 0.3) is 0 Å². The Morgan fingerprint density at radius 3 is 2.24 bits per heavy atom. The van der Waals surface area contributed by atoms with Crippen LogP contribution in [-0.4, -0.2) is 63.6 Å². The van der Waals surface area contributed by atoms with E-state index in [1.807, 2.05) is 65.2 Å². The van der Waals surface area contributed by atoms with E-state index < -0.39 is 6.03 Å². The quantitative estimate of drug-likeness (QED) is 0.274. The van der Waals surface area contributed by atoms with E-state index in [2.05, 4.69) is 41.9 Å². The molecule has 10 nitrogen and oxygen atoms in total. The van der Waals surface area contributed by atoms with Crippen molar-refractivity contribution in [1.82, 2.24) is 15.5 Å². The van der Waals surface area contributed by atoms with Gasteiger partial charge < -0.3 is 16.0 Å². The van der Waals surface area contributed by atoms with Gasteiger partial charge in [0.1, 0.15) is 0 Å². The maximum Gasteiger partial charge on any atom is 0.328 e. The molecule has 0 aliphatic rings. The first-order valence-corrected chi connectivity index (χ1v) is 13.2. The van der Waals surface area contributed by atoms with Crippen LogP contribution in [-0.2, 0) is 6.42 Å². The lowest BCUT2D eigenvalue weighted by molar-refractivity contribution is 0.249. The number of carbonyl (C=O) groups is 2. The number of rotatable bonds is 5. The number of aryl methyl sites for hydroxylation is 2. The average molecular weight is 610 g/mol. The Labute approximate surface area is 238 Å². The Balaban J connectivity index is 0.000000389. The van der Waals surface area contributed by atoms with Gasteiger partial charge in [0.2, 0.25) is 5.96 Å². The molecule has 4 amide bonds. The van der Waals surface area contributed by atoms with Crippen molar-refractivity contribution in [3.05, 3.63) is 57.0 Å². The van der Waals surface area contributed by atoms with Crippen LogP contribution in [0, 0.1) is 6.92 Å². The summed E-state index contributed by atoms with van der Waals surface area (Å²) in [6.07, 6.45) is 1.64. The van der Waals surface area contributed by atoms with Crippen molar-refractivity contribution in [2.75, 3.05) is 45.0 Å². The SMILES string of the molecule is CCCN(C(=O)NC(=NC)N(C)C)c1c(C)cccc1Br.CCc1cccc(Cl)c1NC(=O)NC(N)=NC. The molecule has 0 saturated heterocycles. The minimum absolute atomic E-state index is 0.0487. The predicted molar refractivity (Wildman–Crippen MR) is 163 cm³/mol. The zero-order valence-corrected chi connectivity index (χ0v) is 25.4. The van der Waals surface area contributed by atoms with Gasteiger partial charge in [-0.25, -0.2) is 9.59 Å². The van der Waals surface area contributed by atoms with Crippen LogP contribution < -0.4 is 26.6 Å². The van der Waals surface area contributed by atoms with Crippen LogP contribution in [0.3, 0.4) is 0 Å². The Bertz CT molecular complexity index is 1130. The Morgan fingerprint density at radius 2 is 1.71 bits per heavy atom. The fourth-order valence-corrected chi connectivity index (χ4v) is 4.28. The van der Waals surface area contributed by atoms with Gasteiger partial charge in [-0.2, -0.15) is 0 Å². The summed E-state index contributed by atoms with van der Waals surface area (Å²) < 4.78 is 0.908. The predicted octanol–water partition coefficient (Wildman–Crippen LogP) is 5.20. The van der Waals surface area contributed by atoms with Crippen molar-refractivity contribution < 1.29 is 9.59 Å². The maximum absolute atomic E-state index is 12.6. The van der Waals surface area contributed by atoms with Gasteiger partial charge in [0.15, 0.2) is 5.96 Å². The highest BCUT2D eigenvalue weighted by atomic mass is 79.9. The molecule has 38 heavy (non-hydrogen) atoms. The number of nitrogens with zero attached hydrogens (tertiary/aromatic N) is 4. The number of guanidine groups is 2. The summed E-state index contributed by atoms with van der Waals surface area (Å²) in [4.78, 5) is 35.4. The second kappa shape index (κ2) is 16.5. The maximum atomic E-state index is 12.6. The molecule has 2 rings (SSSR count). The molecule has 0 heterocycles. The van der Waals surface area contributed by atoms with Gasteiger partial charge in [-0.15, -0.1) is 0 Å². The molecular weight excluding hydrogens is 572 g/mol. The van der Waals surface area contributed by atoms with Crippen LogP contribution in [0.15, 0.2) is 50.9 Å². The zero-order chi connectivity index (χ0) is 28.8. The van der Waals surface area contributed by atoms with Gasteiger partial charge in [-0.1, -0.05) is 49.7 Å². The van der Waals surface area contributed by atoms with Gasteiger partial charge in [0, 0.05) is 39.2 Å². The van der Waals surface area contributed by atoms with Crippen LogP contribution in [0.2, 0.25) is 5.02 Å². The first-order valence-electron chi connectivity index (χ1n) is 12.1. The third kappa shape index (κ3) is 9.86. The number of amides is 4. The number of urea groups is 2. The summed E-state index contributed by atoms with van der Waals surface area (Å²) >= 11 is 9.55. The number of halogens is 2. The minimum atomic E-state index is -0.462. The lowest BCUT2D eigenvalue weighted by Crippen LogP contribution is -2.48. The highest BCUT2D eigenvalue weighted by Crippen LogP contribution is 2.30. The molecule has 0 aromatic heterocycles. The molecule has 2 aromatic rings. The van der Waals surface area contributed by atoms with E-state index in [4.69, 9.17) is 17.3 Å². The number of hydrogen-bond donors (Lipinski definition) is 4. The summed E-state index contributed by atoms with van der Waals surface area (Å²) in [6, 6.07) is 10.7. The molecule has 5 N–H and O–H groups in total. The normalized spacial score (nSPS) is 11.2. The van der Waals surface area contributed by atoms with Gasteiger partial charge >= 0.3 is 12.1 Å². The average Bonchev–Trinajstić information content (AvgIpc) is 2.87. The van der Waals surface area contributed by atoms with E-state index >= 15 is 0 Å². The molecule has 208 valence electrons. The number of aliphatic imine (C=N–C) groups is 2. The summed E-state index contributed by atoms with van der Waals surface area (Å²) in [6.45, 7) is 6.67. The first kappa shape index (κ1) is 32.7. The zero-order valence-electron chi connectivity index (χ0n) is 23.0. The Kier molecular flexibility index (Phi) is 14.2. The molecule has 0 bridgehead atoms. The van der Waals surface area contributed by atoms with Gasteiger partial charge in [0.25, 0.3) is 0 Å². The second-order valence-electron chi connectivity index (χ2n) is 8.24. The highest BCUT2D eigenvalue weighted by Gasteiger charge is 2.21. The Morgan fingerprint density at radius 1 is 1.05 bits per heavy atom. The van der Waals surface area contributed by atoms with Crippen molar-refractivity contribution in [2.45, 2.75) is 33.6 Å². The monoisotopic (exact) mass is 608 g/mol. The number of nitrogens with two attached hydrogens (primary N) is 1. The first-order chi connectivity index (χ1) is 18.0. The van der Waals surface area contributed by atoms with Crippen LogP contribution in [0.5, 0.6) is 0 Å². The van der Waals surface area contributed by atoms with Crippen LogP contribution >= 0.6 is 27.5 Å². The van der Waals surface area contributed by atoms with E-state index in [1.54, 1.807) is 22.9 Å². The van der Waals surface area contributed by atoms with Crippen LogP contribution in [0.4, 0.5) is 21.0 Å². The van der Waals surface area contributed by atoms with Crippen molar-refractivity contribution in [3.8, 4) is 0 Å². The van der Waals surface area contributed by atoms with Crippen LogP contribution in [0.1, 0.15) is 31.4 Å². The molecule has 0 spiro atoms. The van der Waals surface area contributed by atoms with E-state index in [0.29, 0.717) is 23.2 Å². The smallest absolute Gasteiger partial charge is 0.328 e. The molecule has 0 saturated carbocycles. The fraction of sp³-hybridized carbons (Fsp3) is 0.385. The minimum Gasteiger partial charge on any atom is -0.370 e. The molecule has 0 aliphatic heterocycles. The molecule has 0 atom stereocenters. The van der Waals surface area contributed by atoms with E-state index in [1.165, 1.54) is 7.05 Å². The van der Waals surface area contributed by atoms with Crippen molar-refractivity contribution in [2.24, 2.45) is 15.7 Å². The summed E-state index contributed by atoms with van der Waals surface area (Å²) in [7, 11) is 6.83. The molecule has 2 aromatic carbocycles. The van der Waals surface area contributed by atoms with Crippen molar-refractivity contribution >= 4 is 62.9 Å². The molecule has 0 aliphatic carbocycles. The lowest BCUT2D eigenvalue weighted by atomic mass is 10.1. The number of anilines is 2. The molecule has 0 unspecified atom stereocenters. The molecule has 12 heteroatoms. The number of carbonyl (C=O) groups excluding carboxylic acids is 2. The van der Waals surface area contributed by atoms with Gasteiger partial charge in [0.05, 0.1) is 16.4 Å². The van der Waals surface area contributed by atoms with Crippen molar-refractivity contribution in [3.63, 3.8) is 0 Å². The van der Waals surface area contributed by atoms with E-state index in [-0.39, 0.29) is 12.0 Å². The van der Waals surface area contributed by atoms with E-state index in [0.717, 1.165) is 34.1 Å². The highest BCUT2D eigenvalue weighted by molar-refractivity contribution is 9.10. The summed E-state index contributed by atoms with van der Waals surface area (Å²) in [5.41, 5.74) is 8.88. The largest absolute Gasteiger partial charge is 0.370 e. The third-order valence-electron chi connectivity index (χ3n) is 5.21. The molecule has 0 radical (unpaired) electrons. The van der Waals surface area contributed by atoms with Gasteiger partial charge in [-0.3, -0.25) is 25.5 Å². The topological polar surface area (TPSA) is 127 Å². The number of para-hydroxylation sites is 2.